The average Bonchev–Trinajstić information content (AvgIpc) is 2.90. The Hall–Kier alpha value is -1.92. The SMILES string of the molecule is COC(=O)C=O.NC1CNC1C=Cc1ccco1. The third-order valence-corrected chi connectivity index (χ3v) is 2.36. The van der Waals surface area contributed by atoms with Crippen LogP contribution in [0.25, 0.3) is 6.08 Å². The zero-order chi connectivity index (χ0) is 13.4. The van der Waals surface area contributed by atoms with Crippen LogP contribution in [0.4, 0.5) is 0 Å². The first-order valence-electron chi connectivity index (χ1n) is 5.41. The summed E-state index contributed by atoms with van der Waals surface area (Å²) in [7, 11) is 1.15. The van der Waals surface area contributed by atoms with Gasteiger partial charge in [0.05, 0.1) is 13.4 Å². The molecule has 0 saturated carbocycles. The van der Waals surface area contributed by atoms with Crippen LogP contribution in [0.2, 0.25) is 0 Å². The third kappa shape index (κ3) is 4.52. The van der Waals surface area contributed by atoms with Crippen molar-refractivity contribution < 1.29 is 18.7 Å². The molecule has 2 unspecified atom stereocenters. The molecule has 0 bridgehead atoms. The second-order valence-electron chi connectivity index (χ2n) is 3.61. The molecule has 0 spiro atoms. The van der Waals surface area contributed by atoms with Crippen LogP contribution < -0.4 is 11.1 Å². The molecule has 0 aliphatic carbocycles. The molecule has 0 aromatic carbocycles. The van der Waals surface area contributed by atoms with Gasteiger partial charge in [0.1, 0.15) is 5.76 Å². The maximum Gasteiger partial charge on any atom is 0.371 e. The lowest BCUT2D eigenvalue weighted by Crippen LogP contribution is -2.60. The van der Waals surface area contributed by atoms with Gasteiger partial charge in [-0.05, 0) is 18.2 Å². The summed E-state index contributed by atoms with van der Waals surface area (Å²) in [6.45, 7) is 0.910. The largest absolute Gasteiger partial charge is 0.465 e. The van der Waals surface area contributed by atoms with Gasteiger partial charge >= 0.3 is 5.97 Å². The smallest absolute Gasteiger partial charge is 0.371 e. The first-order valence-corrected chi connectivity index (χ1v) is 5.41. The summed E-state index contributed by atoms with van der Waals surface area (Å²) < 4.78 is 9.02. The Morgan fingerprint density at radius 3 is 2.78 bits per heavy atom. The highest BCUT2D eigenvalue weighted by Gasteiger charge is 2.23. The van der Waals surface area contributed by atoms with E-state index in [0.29, 0.717) is 6.04 Å². The van der Waals surface area contributed by atoms with Gasteiger partial charge in [-0.1, -0.05) is 6.08 Å². The first-order chi connectivity index (χ1) is 8.67. The molecular weight excluding hydrogens is 236 g/mol. The van der Waals surface area contributed by atoms with Crippen LogP contribution in [0.15, 0.2) is 28.9 Å². The van der Waals surface area contributed by atoms with Crippen molar-refractivity contribution in [1.29, 1.82) is 0 Å². The monoisotopic (exact) mass is 252 g/mol. The van der Waals surface area contributed by atoms with Crippen LogP contribution in [0.5, 0.6) is 0 Å². The van der Waals surface area contributed by atoms with E-state index in [1.165, 1.54) is 0 Å². The van der Waals surface area contributed by atoms with Crippen LogP contribution in [0.1, 0.15) is 5.76 Å². The fourth-order valence-corrected chi connectivity index (χ4v) is 1.23. The maximum absolute atomic E-state index is 9.59. The molecule has 1 aromatic rings. The van der Waals surface area contributed by atoms with Crippen molar-refractivity contribution in [2.24, 2.45) is 5.73 Å². The van der Waals surface area contributed by atoms with Crippen molar-refractivity contribution in [2.75, 3.05) is 13.7 Å². The summed E-state index contributed by atoms with van der Waals surface area (Å²) >= 11 is 0. The second kappa shape index (κ2) is 7.41. The summed E-state index contributed by atoms with van der Waals surface area (Å²) in [5.74, 6) is 0.0332. The van der Waals surface area contributed by atoms with Gasteiger partial charge in [-0.3, -0.25) is 4.79 Å². The number of nitrogens with two attached hydrogens (primary N) is 1. The van der Waals surface area contributed by atoms with E-state index in [4.69, 9.17) is 10.2 Å². The van der Waals surface area contributed by atoms with Gasteiger partial charge in [0.15, 0.2) is 0 Å². The summed E-state index contributed by atoms with van der Waals surface area (Å²) in [5.41, 5.74) is 5.72. The van der Waals surface area contributed by atoms with E-state index < -0.39 is 5.97 Å². The van der Waals surface area contributed by atoms with Crippen LogP contribution in [0, 0.1) is 0 Å². The van der Waals surface area contributed by atoms with Crippen molar-refractivity contribution in [1.82, 2.24) is 5.32 Å². The molecule has 98 valence electrons. The molecule has 1 aliphatic rings. The number of ether oxygens (including phenoxy) is 1. The zero-order valence-corrected chi connectivity index (χ0v) is 10.0. The Labute approximate surface area is 105 Å². The molecule has 2 rings (SSSR count). The van der Waals surface area contributed by atoms with E-state index in [1.807, 2.05) is 24.3 Å². The minimum atomic E-state index is -0.838. The minimum Gasteiger partial charge on any atom is -0.465 e. The predicted molar refractivity (Wildman–Crippen MR) is 65.6 cm³/mol. The topological polar surface area (TPSA) is 94.6 Å². The Morgan fingerprint density at radius 2 is 2.44 bits per heavy atom. The molecule has 2 atom stereocenters. The summed E-state index contributed by atoms with van der Waals surface area (Å²) in [4.78, 5) is 18.9. The number of carbonyl (C=O) groups is 2. The lowest BCUT2D eigenvalue weighted by atomic mass is 10.0. The van der Waals surface area contributed by atoms with E-state index in [1.54, 1.807) is 6.26 Å². The number of esters is 1. The molecular formula is C12H16N2O4. The lowest BCUT2D eigenvalue weighted by molar-refractivity contribution is -0.146. The quantitative estimate of drug-likeness (QED) is 0.445. The highest BCUT2D eigenvalue weighted by molar-refractivity contribution is 6.20. The fourth-order valence-electron chi connectivity index (χ4n) is 1.23. The fraction of sp³-hybridized carbons (Fsp3) is 0.333. The number of nitrogens with one attached hydrogen (secondary N) is 1. The van der Waals surface area contributed by atoms with Gasteiger partial charge < -0.3 is 20.2 Å². The third-order valence-electron chi connectivity index (χ3n) is 2.36. The molecule has 6 nitrogen and oxygen atoms in total. The van der Waals surface area contributed by atoms with Crippen molar-refractivity contribution in [3.8, 4) is 0 Å². The van der Waals surface area contributed by atoms with Gasteiger partial charge in [-0.25, -0.2) is 4.79 Å². The standard InChI is InChI=1S/C9H12N2O.C3H4O3/c10-8-6-11-9(8)4-3-7-2-1-5-12-7;1-6-3(5)2-4/h1-5,8-9,11H,6,10H2;2H,1H3. The van der Waals surface area contributed by atoms with E-state index >= 15 is 0 Å². The number of methoxy groups -OCH3 is 1. The van der Waals surface area contributed by atoms with Gasteiger partial charge in [0, 0.05) is 18.6 Å². The molecule has 1 fully saturated rings. The molecule has 2 heterocycles. The summed E-state index contributed by atoms with van der Waals surface area (Å²) in [6.07, 6.45) is 5.75. The normalized spacial score (nSPS) is 21.7. The van der Waals surface area contributed by atoms with Crippen molar-refractivity contribution in [2.45, 2.75) is 12.1 Å². The van der Waals surface area contributed by atoms with Crippen LogP contribution in [-0.4, -0.2) is 38.0 Å². The Morgan fingerprint density at radius 1 is 1.67 bits per heavy atom. The highest BCUT2D eigenvalue weighted by Crippen LogP contribution is 2.07. The Balaban J connectivity index is 0.000000232. The van der Waals surface area contributed by atoms with Crippen LogP contribution in [0.3, 0.4) is 0 Å². The highest BCUT2D eigenvalue weighted by atomic mass is 16.5. The summed E-state index contributed by atoms with van der Waals surface area (Å²) in [5, 5.41) is 3.20. The van der Waals surface area contributed by atoms with Crippen LogP contribution >= 0.6 is 0 Å². The van der Waals surface area contributed by atoms with Gasteiger partial charge in [0.25, 0.3) is 0 Å². The lowest BCUT2D eigenvalue weighted by Gasteiger charge is -2.32. The van der Waals surface area contributed by atoms with E-state index in [-0.39, 0.29) is 12.3 Å². The number of furan rings is 1. The number of rotatable bonds is 3. The summed E-state index contributed by atoms with van der Waals surface area (Å²) in [6, 6.07) is 4.36. The molecule has 1 aliphatic heterocycles. The molecule has 1 saturated heterocycles. The van der Waals surface area contributed by atoms with Gasteiger partial charge in [-0.15, -0.1) is 0 Å². The minimum absolute atomic E-state index is 0.111. The van der Waals surface area contributed by atoms with Crippen molar-refractivity contribution >= 4 is 18.3 Å². The van der Waals surface area contributed by atoms with Gasteiger partial charge in [0.2, 0.25) is 6.29 Å². The van der Waals surface area contributed by atoms with Crippen LogP contribution in [-0.2, 0) is 14.3 Å². The molecule has 6 heteroatoms. The molecule has 0 radical (unpaired) electrons. The molecule has 0 amide bonds. The van der Waals surface area contributed by atoms with E-state index in [0.717, 1.165) is 19.4 Å². The number of hydrogen-bond donors (Lipinski definition) is 2. The van der Waals surface area contributed by atoms with Crippen molar-refractivity contribution in [3.63, 3.8) is 0 Å². The van der Waals surface area contributed by atoms with E-state index in [9.17, 15) is 9.59 Å². The van der Waals surface area contributed by atoms with Crippen molar-refractivity contribution in [3.05, 3.63) is 30.2 Å². The molecule has 3 N–H and O–H groups in total. The van der Waals surface area contributed by atoms with Gasteiger partial charge in [-0.2, -0.15) is 0 Å². The average molecular weight is 252 g/mol. The molecule has 1 aromatic heterocycles. The Bertz CT molecular complexity index is 400. The predicted octanol–water partition coefficient (Wildman–Crippen LogP) is -0.0498. The number of aldehydes is 1. The zero-order valence-electron chi connectivity index (χ0n) is 10.0. The number of hydrogen-bond acceptors (Lipinski definition) is 6. The molecule has 18 heavy (non-hydrogen) atoms. The first kappa shape index (κ1) is 14.1. The number of carbonyl (C=O) groups excluding carboxylic acids is 2. The second-order valence-corrected chi connectivity index (χ2v) is 3.61. The Kier molecular flexibility index (Phi) is 5.83. The maximum atomic E-state index is 9.59. The van der Waals surface area contributed by atoms with E-state index in [2.05, 4.69) is 10.1 Å².